The predicted octanol–water partition coefficient (Wildman–Crippen LogP) is 1.60. The van der Waals surface area contributed by atoms with Gasteiger partial charge in [0.05, 0.1) is 0 Å². The van der Waals surface area contributed by atoms with Crippen LogP contribution in [0.4, 0.5) is 0 Å². The molecule has 1 aromatic heterocycles. The number of carboxylic acids is 1. The van der Waals surface area contributed by atoms with Crippen LogP contribution in [0.3, 0.4) is 0 Å². The SMILES string of the molecule is NC(C(=O)O)c1cscc1Br. The summed E-state index contributed by atoms with van der Waals surface area (Å²) in [4.78, 5) is 10.4. The normalized spacial score (nSPS) is 12.9. The lowest BCUT2D eigenvalue weighted by Gasteiger charge is -2.03. The van der Waals surface area contributed by atoms with Crippen LogP contribution in [-0.2, 0) is 4.79 Å². The first-order chi connectivity index (χ1) is 5.13. The van der Waals surface area contributed by atoms with Crippen LogP contribution < -0.4 is 5.73 Å². The lowest BCUT2D eigenvalue weighted by molar-refractivity contribution is -0.138. The zero-order chi connectivity index (χ0) is 8.43. The van der Waals surface area contributed by atoms with Gasteiger partial charge in [0.1, 0.15) is 6.04 Å². The minimum Gasteiger partial charge on any atom is -0.480 e. The number of hydrogen-bond donors (Lipinski definition) is 2. The van der Waals surface area contributed by atoms with Crippen LogP contribution in [0.5, 0.6) is 0 Å². The Balaban J connectivity index is 2.92. The monoisotopic (exact) mass is 235 g/mol. The Morgan fingerprint density at radius 1 is 1.73 bits per heavy atom. The summed E-state index contributed by atoms with van der Waals surface area (Å²) in [5, 5.41) is 12.1. The molecule has 3 N–H and O–H groups in total. The molecule has 5 heteroatoms. The van der Waals surface area contributed by atoms with Crippen molar-refractivity contribution in [1.29, 1.82) is 0 Å². The maximum Gasteiger partial charge on any atom is 0.325 e. The molecule has 1 atom stereocenters. The summed E-state index contributed by atoms with van der Waals surface area (Å²) >= 11 is 4.62. The summed E-state index contributed by atoms with van der Waals surface area (Å²) in [5.74, 6) is -1.01. The van der Waals surface area contributed by atoms with Crippen LogP contribution in [0.15, 0.2) is 15.2 Å². The minimum atomic E-state index is -1.01. The number of aliphatic carboxylic acids is 1. The molecule has 0 aliphatic carbocycles. The van der Waals surface area contributed by atoms with Crippen molar-refractivity contribution in [2.45, 2.75) is 6.04 Å². The van der Waals surface area contributed by atoms with Crippen LogP contribution in [0.2, 0.25) is 0 Å². The molecule has 0 spiro atoms. The zero-order valence-corrected chi connectivity index (χ0v) is 7.85. The van der Waals surface area contributed by atoms with Crippen molar-refractivity contribution >= 4 is 33.2 Å². The van der Waals surface area contributed by atoms with Gasteiger partial charge in [-0.2, -0.15) is 11.3 Å². The molecule has 60 valence electrons. The highest BCUT2D eigenvalue weighted by molar-refractivity contribution is 9.10. The van der Waals surface area contributed by atoms with E-state index < -0.39 is 12.0 Å². The third-order valence-corrected chi connectivity index (χ3v) is 3.00. The van der Waals surface area contributed by atoms with Crippen LogP contribution in [0.25, 0.3) is 0 Å². The fourth-order valence-electron chi connectivity index (χ4n) is 0.646. The molecule has 3 nitrogen and oxygen atoms in total. The van der Waals surface area contributed by atoms with E-state index in [1.807, 2.05) is 0 Å². The molecule has 11 heavy (non-hydrogen) atoms. The van der Waals surface area contributed by atoms with Gasteiger partial charge in [0.15, 0.2) is 0 Å². The predicted molar refractivity (Wildman–Crippen MR) is 46.6 cm³/mol. The second kappa shape index (κ2) is 3.34. The Morgan fingerprint density at radius 2 is 2.36 bits per heavy atom. The Labute approximate surface area is 76.0 Å². The Hall–Kier alpha value is -0.390. The molecule has 0 bridgehead atoms. The number of carboxylic acid groups (broad SMARTS) is 1. The standard InChI is InChI=1S/C6H6BrNO2S/c7-4-2-11-1-3(4)5(8)6(9)10/h1-2,5H,8H2,(H,9,10). The van der Waals surface area contributed by atoms with E-state index in [4.69, 9.17) is 10.8 Å². The van der Waals surface area contributed by atoms with Crippen molar-refractivity contribution in [3.8, 4) is 0 Å². The molecule has 0 aliphatic rings. The molecule has 1 aromatic rings. The Morgan fingerprint density at radius 3 is 2.73 bits per heavy atom. The van der Waals surface area contributed by atoms with Gasteiger partial charge in [-0.15, -0.1) is 0 Å². The highest BCUT2D eigenvalue weighted by Crippen LogP contribution is 2.25. The summed E-state index contributed by atoms with van der Waals surface area (Å²) < 4.78 is 0.761. The molecule has 0 amide bonds. The number of rotatable bonds is 2. The van der Waals surface area contributed by atoms with Gasteiger partial charge in [0.2, 0.25) is 0 Å². The average molecular weight is 236 g/mol. The highest BCUT2D eigenvalue weighted by Gasteiger charge is 2.17. The summed E-state index contributed by atoms with van der Waals surface area (Å²) in [5.41, 5.74) is 5.99. The van der Waals surface area contributed by atoms with Crippen molar-refractivity contribution in [3.63, 3.8) is 0 Å². The van der Waals surface area contributed by atoms with Gasteiger partial charge in [-0.3, -0.25) is 4.79 Å². The lowest BCUT2D eigenvalue weighted by atomic mass is 10.2. The van der Waals surface area contributed by atoms with Crippen LogP contribution in [-0.4, -0.2) is 11.1 Å². The third kappa shape index (κ3) is 1.79. The quantitative estimate of drug-likeness (QED) is 0.819. The molecule has 0 aromatic carbocycles. The molecule has 0 saturated heterocycles. The van der Waals surface area contributed by atoms with Crippen LogP contribution in [0, 0.1) is 0 Å². The third-order valence-electron chi connectivity index (χ3n) is 1.24. The molecule has 0 saturated carbocycles. The van der Waals surface area contributed by atoms with E-state index in [2.05, 4.69) is 15.9 Å². The number of carbonyl (C=O) groups is 1. The zero-order valence-electron chi connectivity index (χ0n) is 5.45. The van der Waals surface area contributed by atoms with E-state index in [0.717, 1.165) is 4.47 Å². The summed E-state index contributed by atoms with van der Waals surface area (Å²) in [7, 11) is 0. The smallest absolute Gasteiger partial charge is 0.325 e. The topological polar surface area (TPSA) is 63.3 Å². The fourth-order valence-corrected chi connectivity index (χ4v) is 2.23. The second-order valence-electron chi connectivity index (χ2n) is 1.99. The molecule has 0 radical (unpaired) electrons. The molecular formula is C6H6BrNO2S. The lowest BCUT2D eigenvalue weighted by Crippen LogP contribution is -2.20. The van der Waals surface area contributed by atoms with Gasteiger partial charge in [0, 0.05) is 15.4 Å². The van der Waals surface area contributed by atoms with E-state index >= 15 is 0 Å². The van der Waals surface area contributed by atoms with Crippen molar-refractivity contribution in [2.24, 2.45) is 5.73 Å². The first-order valence-electron chi connectivity index (χ1n) is 2.83. The van der Waals surface area contributed by atoms with E-state index in [-0.39, 0.29) is 0 Å². The molecule has 1 unspecified atom stereocenters. The number of thiophene rings is 1. The maximum absolute atomic E-state index is 10.4. The van der Waals surface area contributed by atoms with Gasteiger partial charge in [-0.05, 0) is 21.3 Å². The maximum atomic E-state index is 10.4. The van der Waals surface area contributed by atoms with E-state index in [1.54, 1.807) is 10.8 Å². The van der Waals surface area contributed by atoms with Crippen molar-refractivity contribution < 1.29 is 9.90 Å². The number of hydrogen-bond acceptors (Lipinski definition) is 3. The molecule has 0 aliphatic heterocycles. The van der Waals surface area contributed by atoms with E-state index in [1.165, 1.54) is 11.3 Å². The second-order valence-corrected chi connectivity index (χ2v) is 3.59. The highest BCUT2D eigenvalue weighted by atomic mass is 79.9. The molecular weight excluding hydrogens is 230 g/mol. The van der Waals surface area contributed by atoms with Crippen molar-refractivity contribution in [2.75, 3.05) is 0 Å². The van der Waals surface area contributed by atoms with Gasteiger partial charge in [0.25, 0.3) is 0 Å². The Bertz CT molecular complexity index is 273. The van der Waals surface area contributed by atoms with Crippen molar-refractivity contribution in [3.05, 3.63) is 20.8 Å². The van der Waals surface area contributed by atoms with Crippen LogP contribution >= 0.6 is 27.3 Å². The summed E-state index contributed by atoms with van der Waals surface area (Å²) in [6, 6.07) is -0.921. The molecule has 0 fully saturated rings. The van der Waals surface area contributed by atoms with Crippen LogP contribution in [0.1, 0.15) is 11.6 Å². The number of nitrogens with two attached hydrogens (primary N) is 1. The Kier molecular flexibility index (Phi) is 2.64. The van der Waals surface area contributed by atoms with Gasteiger partial charge < -0.3 is 10.8 Å². The molecule has 1 heterocycles. The number of halogens is 1. The van der Waals surface area contributed by atoms with Crippen molar-refractivity contribution in [1.82, 2.24) is 0 Å². The first-order valence-corrected chi connectivity index (χ1v) is 4.56. The van der Waals surface area contributed by atoms with E-state index in [0.29, 0.717) is 5.56 Å². The van der Waals surface area contributed by atoms with Gasteiger partial charge >= 0.3 is 5.97 Å². The molecule has 1 rings (SSSR count). The largest absolute Gasteiger partial charge is 0.480 e. The van der Waals surface area contributed by atoms with E-state index in [9.17, 15) is 4.79 Å². The minimum absolute atomic E-state index is 0.627. The summed E-state index contributed by atoms with van der Waals surface area (Å²) in [6.07, 6.45) is 0. The summed E-state index contributed by atoms with van der Waals surface area (Å²) in [6.45, 7) is 0. The fraction of sp³-hybridized carbons (Fsp3) is 0.167. The first kappa shape index (κ1) is 8.70. The van der Waals surface area contributed by atoms with Gasteiger partial charge in [-0.1, -0.05) is 0 Å². The average Bonchev–Trinajstić information content (AvgIpc) is 2.33. The van der Waals surface area contributed by atoms with Gasteiger partial charge in [-0.25, -0.2) is 0 Å².